The highest BCUT2D eigenvalue weighted by atomic mass is 32.2. The summed E-state index contributed by atoms with van der Waals surface area (Å²) in [6.07, 6.45) is 2.00. The first kappa shape index (κ1) is 18.9. The van der Waals surface area contributed by atoms with E-state index in [1.54, 1.807) is 0 Å². The van der Waals surface area contributed by atoms with Crippen LogP contribution in [0.1, 0.15) is 23.1 Å². The minimum absolute atomic E-state index is 0.0470. The molecule has 0 bridgehead atoms. The van der Waals surface area contributed by atoms with Crippen molar-refractivity contribution >= 4 is 15.9 Å². The molecule has 0 spiro atoms. The van der Waals surface area contributed by atoms with Crippen LogP contribution < -0.4 is 5.32 Å². The largest absolute Gasteiger partial charge is 0.374 e. The van der Waals surface area contributed by atoms with Crippen LogP contribution in [0.5, 0.6) is 0 Å². The Morgan fingerprint density at radius 1 is 1.29 bits per heavy atom. The molecular weight excluding hydrogens is 328 g/mol. The molecule has 1 aliphatic heterocycles. The average molecular weight is 354 g/mol. The van der Waals surface area contributed by atoms with E-state index in [9.17, 15) is 13.2 Å². The molecule has 1 atom stereocenters. The molecular formula is C17H26N2O4S. The number of hydrogen-bond donors (Lipinski definition) is 1. The second kappa shape index (κ2) is 8.09. The number of sulfonamides is 1. The van der Waals surface area contributed by atoms with Gasteiger partial charge in [0, 0.05) is 26.1 Å². The standard InChI is InChI=1S/C17H26N2O4S/c1-13-8-14(2)10-15(9-13)4-5-17(20)18-11-16-12-19(6-7-23-16)24(3,21)22/h8-10,16H,4-7,11-12H2,1-3H3,(H,18,20)/t16-/m1/s1. The van der Waals surface area contributed by atoms with Crippen LogP contribution in [0, 0.1) is 13.8 Å². The van der Waals surface area contributed by atoms with Gasteiger partial charge in [-0.3, -0.25) is 4.79 Å². The number of benzene rings is 1. The van der Waals surface area contributed by atoms with Gasteiger partial charge in [0.05, 0.1) is 19.0 Å². The van der Waals surface area contributed by atoms with E-state index in [0.717, 1.165) is 5.56 Å². The Labute approximate surface area is 144 Å². The third kappa shape index (κ3) is 5.89. The molecule has 0 saturated carbocycles. The van der Waals surface area contributed by atoms with E-state index in [0.29, 0.717) is 32.5 Å². The highest BCUT2D eigenvalue weighted by Crippen LogP contribution is 2.11. The van der Waals surface area contributed by atoms with E-state index < -0.39 is 10.0 Å². The minimum atomic E-state index is -3.21. The molecule has 1 N–H and O–H groups in total. The topological polar surface area (TPSA) is 75.7 Å². The summed E-state index contributed by atoms with van der Waals surface area (Å²) in [6.45, 7) is 5.44. The van der Waals surface area contributed by atoms with Gasteiger partial charge in [0.1, 0.15) is 0 Å². The average Bonchev–Trinajstić information content (AvgIpc) is 2.49. The molecule has 0 aliphatic carbocycles. The number of rotatable bonds is 6. The molecule has 0 unspecified atom stereocenters. The highest BCUT2D eigenvalue weighted by molar-refractivity contribution is 7.88. The third-order valence-electron chi connectivity index (χ3n) is 4.02. The van der Waals surface area contributed by atoms with E-state index in [1.165, 1.54) is 21.7 Å². The molecule has 7 heteroatoms. The number of amides is 1. The Kier molecular flexibility index (Phi) is 6.37. The van der Waals surface area contributed by atoms with Gasteiger partial charge < -0.3 is 10.1 Å². The summed E-state index contributed by atoms with van der Waals surface area (Å²) in [7, 11) is -3.21. The number of carbonyl (C=O) groups is 1. The van der Waals surface area contributed by atoms with Crippen molar-refractivity contribution in [1.29, 1.82) is 0 Å². The fourth-order valence-electron chi connectivity index (χ4n) is 2.90. The lowest BCUT2D eigenvalue weighted by Gasteiger charge is -2.31. The predicted molar refractivity (Wildman–Crippen MR) is 93.4 cm³/mol. The fraction of sp³-hybridized carbons (Fsp3) is 0.588. The van der Waals surface area contributed by atoms with E-state index in [-0.39, 0.29) is 18.6 Å². The zero-order valence-electron chi connectivity index (χ0n) is 14.5. The second-order valence-electron chi connectivity index (χ2n) is 6.41. The molecule has 24 heavy (non-hydrogen) atoms. The predicted octanol–water partition coefficient (Wildman–Crippen LogP) is 1.01. The smallest absolute Gasteiger partial charge is 0.220 e. The number of carbonyl (C=O) groups excluding carboxylic acids is 1. The van der Waals surface area contributed by atoms with Crippen LogP contribution in [0.4, 0.5) is 0 Å². The lowest BCUT2D eigenvalue weighted by Crippen LogP contribution is -2.49. The Bertz CT molecular complexity index is 668. The number of aryl methyl sites for hydroxylation is 3. The van der Waals surface area contributed by atoms with E-state index in [4.69, 9.17) is 4.74 Å². The lowest BCUT2D eigenvalue weighted by molar-refractivity contribution is -0.122. The first-order chi connectivity index (χ1) is 11.2. The van der Waals surface area contributed by atoms with Crippen LogP contribution in [0.2, 0.25) is 0 Å². The molecule has 1 saturated heterocycles. The summed E-state index contributed by atoms with van der Waals surface area (Å²) < 4.78 is 30.1. The Morgan fingerprint density at radius 3 is 2.58 bits per heavy atom. The Hall–Kier alpha value is -1.44. The normalized spacial score (nSPS) is 19.2. The van der Waals surface area contributed by atoms with Gasteiger partial charge in [-0.1, -0.05) is 29.3 Å². The molecule has 6 nitrogen and oxygen atoms in total. The summed E-state index contributed by atoms with van der Waals surface area (Å²) in [5.74, 6) is -0.0470. The highest BCUT2D eigenvalue weighted by Gasteiger charge is 2.26. The monoisotopic (exact) mass is 354 g/mol. The van der Waals surface area contributed by atoms with Crippen molar-refractivity contribution in [2.24, 2.45) is 0 Å². The van der Waals surface area contributed by atoms with Gasteiger partial charge in [-0.05, 0) is 25.8 Å². The first-order valence-corrected chi connectivity index (χ1v) is 9.99. The summed E-state index contributed by atoms with van der Waals surface area (Å²) in [6, 6.07) is 6.29. The summed E-state index contributed by atoms with van der Waals surface area (Å²) >= 11 is 0. The van der Waals surface area contributed by atoms with Gasteiger partial charge in [0.2, 0.25) is 15.9 Å². The molecule has 0 radical (unpaired) electrons. The summed E-state index contributed by atoms with van der Waals surface area (Å²) in [5.41, 5.74) is 3.54. The maximum atomic E-state index is 12.0. The summed E-state index contributed by atoms with van der Waals surface area (Å²) in [5, 5.41) is 2.84. The fourth-order valence-corrected chi connectivity index (χ4v) is 3.75. The van der Waals surface area contributed by atoms with Gasteiger partial charge in [-0.15, -0.1) is 0 Å². The molecule has 1 heterocycles. The molecule has 1 fully saturated rings. The first-order valence-electron chi connectivity index (χ1n) is 8.14. The summed E-state index contributed by atoms with van der Waals surface area (Å²) in [4.78, 5) is 12.0. The van der Waals surface area contributed by atoms with Crippen LogP contribution in [0.15, 0.2) is 18.2 Å². The number of nitrogens with one attached hydrogen (secondary N) is 1. The van der Waals surface area contributed by atoms with Gasteiger partial charge in [0.15, 0.2) is 0 Å². The van der Waals surface area contributed by atoms with Gasteiger partial charge in [-0.25, -0.2) is 8.42 Å². The van der Waals surface area contributed by atoms with Crippen molar-refractivity contribution in [3.05, 3.63) is 34.9 Å². The maximum Gasteiger partial charge on any atom is 0.220 e. The van der Waals surface area contributed by atoms with Crippen molar-refractivity contribution in [2.45, 2.75) is 32.8 Å². The molecule has 1 aliphatic rings. The van der Waals surface area contributed by atoms with Crippen LogP contribution in [0.3, 0.4) is 0 Å². The molecule has 1 aromatic rings. The Morgan fingerprint density at radius 2 is 1.96 bits per heavy atom. The van der Waals surface area contributed by atoms with Crippen LogP contribution >= 0.6 is 0 Å². The van der Waals surface area contributed by atoms with Gasteiger partial charge in [0.25, 0.3) is 0 Å². The zero-order chi connectivity index (χ0) is 17.7. The minimum Gasteiger partial charge on any atom is -0.374 e. The zero-order valence-corrected chi connectivity index (χ0v) is 15.4. The number of morpholine rings is 1. The van der Waals surface area contributed by atoms with Crippen LogP contribution in [-0.2, 0) is 26.0 Å². The van der Waals surface area contributed by atoms with E-state index >= 15 is 0 Å². The van der Waals surface area contributed by atoms with Gasteiger partial charge >= 0.3 is 0 Å². The third-order valence-corrected chi connectivity index (χ3v) is 5.29. The van der Waals surface area contributed by atoms with Crippen molar-refractivity contribution in [2.75, 3.05) is 32.5 Å². The SMILES string of the molecule is Cc1cc(C)cc(CCC(=O)NC[C@@H]2CN(S(C)(=O)=O)CCO2)c1. The van der Waals surface area contributed by atoms with Crippen molar-refractivity contribution in [1.82, 2.24) is 9.62 Å². The second-order valence-corrected chi connectivity index (χ2v) is 8.40. The lowest BCUT2D eigenvalue weighted by atomic mass is 10.0. The molecule has 0 aromatic heterocycles. The molecule has 2 rings (SSSR count). The maximum absolute atomic E-state index is 12.0. The van der Waals surface area contributed by atoms with Crippen LogP contribution in [-0.4, -0.2) is 57.2 Å². The Balaban J connectivity index is 1.76. The quantitative estimate of drug-likeness (QED) is 0.827. The number of hydrogen-bond acceptors (Lipinski definition) is 4. The van der Waals surface area contributed by atoms with Crippen molar-refractivity contribution in [3.8, 4) is 0 Å². The molecule has 134 valence electrons. The number of ether oxygens (including phenoxy) is 1. The van der Waals surface area contributed by atoms with E-state index in [1.807, 2.05) is 13.8 Å². The van der Waals surface area contributed by atoms with Crippen LogP contribution in [0.25, 0.3) is 0 Å². The molecule has 1 amide bonds. The van der Waals surface area contributed by atoms with Gasteiger partial charge in [-0.2, -0.15) is 4.31 Å². The van der Waals surface area contributed by atoms with E-state index in [2.05, 4.69) is 23.5 Å². The van der Waals surface area contributed by atoms with Crippen molar-refractivity contribution in [3.63, 3.8) is 0 Å². The molecule has 1 aromatic carbocycles. The van der Waals surface area contributed by atoms with Crippen molar-refractivity contribution < 1.29 is 17.9 Å². The number of nitrogens with zero attached hydrogens (tertiary/aromatic N) is 1.